The van der Waals surface area contributed by atoms with Gasteiger partial charge in [0.1, 0.15) is 5.75 Å². The van der Waals surface area contributed by atoms with Crippen molar-refractivity contribution in [1.29, 1.82) is 0 Å². The van der Waals surface area contributed by atoms with E-state index in [2.05, 4.69) is 24.1 Å². The van der Waals surface area contributed by atoms with Gasteiger partial charge in [0, 0.05) is 6.04 Å². The maximum absolute atomic E-state index is 10.6. The smallest absolute Gasteiger partial charge is 0.211 e. The van der Waals surface area contributed by atoms with Gasteiger partial charge in [-0.15, -0.1) is 17.0 Å². The number of aryl methyl sites for hydroxylation is 1. The quantitative estimate of drug-likeness (QED) is 0.570. The molecule has 2 N–H and O–H groups in total. The van der Waals surface area contributed by atoms with E-state index >= 15 is 0 Å². The minimum Gasteiger partial charge on any atom is -0.506 e. The monoisotopic (exact) mass is 370 g/mol. The van der Waals surface area contributed by atoms with Crippen LogP contribution in [0.5, 0.6) is 5.75 Å². The van der Waals surface area contributed by atoms with Crippen LogP contribution in [0.2, 0.25) is 0 Å². The first kappa shape index (κ1) is 19.0. The molecular weight excluding hydrogens is 344 g/mol. The van der Waals surface area contributed by atoms with Crippen LogP contribution >= 0.6 is 17.0 Å². The number of hydrogen-bond acceptors (Lipinski definition) is 3. The maximum Gasteiger partial charge on any atom is 0.211 e. The number of benzene rings is 1. The fraction of sp³-hybridized carbons (Fsp3) is 0.588. The van der Waals surface area contributed by atoms with E-state index in [-0.39, 0.29) is 22.7 Å². The summed E-state index contributed by atoms with van der Waals surface area (Å²) in [6.07, 6.45) is 6.12. The minimum absolute atomic E-state index is 0. The fourth-order valence-electron chi connectivity index (χ4n) is 3.32. The molecule has 124 valence electrons. The Hall–Kier alpha value is -1.07. The molecule has 0 heterocycles. The minimum atomic E-state index is 0. The standard InChI is InChI=1S/C17H26N2O2.BrH/c1-3-7-19(8-4-2)15-6-5-13-11-17(21)16(18-12-20)10-14(13)9-15;/h10-12,15,21H,3-9H2,1-2H3,(H,18,20);1H. The Labute approximate surface area is 143 Å². The highest BCUT2D eigenvalue weighted by atomic mass is 79.9. The summed E-state index contributed by atoms with van der Waals surface area (Å²) in [6.45, 7) is 6.74. The predicted molar refractivity (Wildman–Crippen MR) is 96.1 cm³/mol. The van der Waals surface area contributed by atoms with Gasteiger partial charge in [0.2, 0.25) is 6.41 Å². The molecule has 0 saturated carbocycles. The number of halogens is 1. The van der Waals surface area contributed by atoms with Gasteiger partial charge < -0.3 is 15.3 Å². The van der Waals surface area contributed by atoms with Crippen LogP contribution in [0, 0.1) is 0 Å². The Morgan fingerprint density at radius 1 is 1.27 bits per heavy atom. The zero-order valence-electron chi connectivity index (χ0n) is 13.5. The van der Waals surface area contributed by atoms with Crippen molar-refractivity contribution in [3.05, 3.63) is 23.3 Å². The van der Waals surface area contributed by atoms with Crippen molar-refractivity contribution < 1.29 is 9.90 Å². The van der Waals surface area contributed by atoms with Gasteiger partial charge in [0.25, 0.3) is 0 Å². The molecule has 1 atom stereocenters. The van der Waals surface area contributed by atoms with Crippen LogP contribution in [0.1, 0.15) is 44.2 Å². The van der Waals surface area contributed by atoms with Crippen molar-refractivity contribution in [2.75, 3.05) is 18.4 Å². The molecular formula is C17H27BrN2O2. The number of rotatable bonds is 7. The number of nitrogens with one attached hydrogen (secondary N) is 1. The summed E-state index contributed by atoms with van der Waals surface area (Å²) in [6, 6.07) is 4.31. The van der Waals surface area contributed by atoms with Crippen molar-refractivity contribution in [2.45, 2.75) is 52.0 Å². The first-order valence-electron chi connectivity index (χ1n) is 7.98. The second kappa shape index (κ2) is 9.16. The van der Waals surface area contributed by atoms with Crippen molar-refractivity contribution in [3.63, 3.8) is 0 Å². The zero-order chi connectivity index (χ0) is 15.2. The number of carbonyl (C=O) groups excluding carboxylic acids is 1. The van der Waals surface area contributed by atoms with Crippen LogP contribution in [-0.2, 0) is 17.6 Å². The first-order valence-corrected chi connectivity index (χ1v) is 7.98. The lowest BCUT2D eigenvalue weighted by Crippen LogP contribution is -2.40. The third kappa shape index (κ3) is 4.46. The van der Waals surface area contributed by atoms with E-state index in [9.17, 15) is 9.90 Å². The zero-order valence-corrected chi connectivity index (χ0v) is 15.2. The molecule has 0 saturated heterocycles. The average molecular weight is 371 g/mol. The summed E-state index contributed by atoms with van der Waals surface area (Å²) in [5.74, 6) is 0.165. The van der Waals surface area contributed by atoms with Gasteiger partial charge in [-0.3, -0.25) is 4.79 Å². The Morgan fingerprint density at radius 3 is 2.55 bits per heavy atom. The molecule has 1 aliphatic carbocycles. The molecule has 1 amide bonds. The van der Waals surface area contributed by atoms with Crippen LogP contribution in [0.15, 0.2) is 12.1 Å². The van der Waals surface area contributed by atoms with E-state index in [4.69, 9.17) is 0 Å². The third-order valence-corrected chi connectivity index (χ3v) is 4.27. The normalized spacial score (nSPS) is 16.8. The molecule has 22 heavy (non-hydrogen) atoms. The number of fused-ring (bicyclic) bond motifs is 1. The van der Waals surface area contributed by atoms with Gasteiger partial charge in [-0.05, 0) is 68.5 Å². The Balaban J connectivity index is 0.00000242. The van der Waals surface area contributed by atoms with Gasteiger partial charge >= 0.3 is 0 Å². The molecule has 4 nitrogen and oxygen atoms in total. The summed E-state index contributed by atoms with van der Waals surface area (Å²) >= 11 is 0. The molecule has 1 aliphatic rings. The van der Waals surface area contributed by atoms with E-state index in [1.54, 1.807) is 6.07 Å². The van der Waals surface area contributed by atoms with E-state index in [1.165, 1.54) is 24.0 Å². The summed E-state index contributed by atoms with van der Waals surface area (Å²) in [4.78, 5) is 13.2. The molecule has 1 aromatic carbocycles. The highest BCUT2D eigenvalue weighted by Crippen LogP contribution is 2.33. The summed E-state index contributed by atoms with van der Waals surface area (Å²) < 4.78 is 0. The van der Waals surface area contributed by atoms with E-state index in [0.29, 0.717) is 18.1 Å². The molecule has 0 bridgehead atoms. The van der Waals surface area contributed by atoms with Crippen molar-refractivity contribution in [2.24, 2.45) is 0 Å². The van der Waals surface area contributed by atoms with Crippen LogP contribution < -0.4 is 5.32 Å². The van der Waals surface area contributed by atoms with Crippen LogP contribution in [0.25, 0.3) is 0 Å². The number of nitrogens with zero attached hydrogens (tertiary/aromatic N) is 1. The molecule has 5 heteroatoms. The molecule has 0 aliphatic heterocycles. The highest BCUT2D eigenvalue weighted by Gasteiger charge is 2.24. The third-order valence-electron chi connectivity index (χ3n) is 4.27. The largest absolute Gasteiger partial charge is 0.506 e. The van der Waals surface area contributed by atoms with Gasteiger partial charge in [-0.25, -0.2) is 0 Å². The highest BCUT2D eigenvalue weighted by molar-refractivity contribution is 8.93. The number of aromatic hydroxyl groups is 1. The van der Waals surface area contributed by atoms with Crippen LogP contribution in [0.3, 0.4) is 0 Å². The molecule has 0 fully saturated rings. The van der Waals surface area contributed by atoms with Gasteiger partial charge in [0.05, 0.1) is 5.69 Å². The first-order chi connectivity index (χ1) is 10.2. The molecule has 1 aromatic rings. The maximum atomic E-state index is 10.6. The predicted octanol–water partition coefficient (Wildman–Crippen LogP) is 3.52. The van der Waals surface area contributed by atoms with Gasteiger partial charge in [-0.1, -0.05) is 13.8 Å². The Bertz CT molecular complexity index is 488. The number of phenolic OH excluding ortho intramolecular Hbond substituents is 1. The summed E-state index contributed by atoms with van der Waals surface area (Å²) in [5, 5.41) is 12.5. The van der Waals surface area contributed by atoms with Crippen molar-refractivity contribution >= 4 is 29.1 Å². The SMILES string of the molecule is Br.CCCN(CCC)C1CCc2cc(O)c(NC=O)cc2C1. The number of anilines is 1. The lowest BCUT2D eigenvalue weighted by atomic mass is 9.86. The van der Waals surface area contributed by atoms with Crippen LogP contribution in [-0.4, -0.2) is 35.5 Å². The number of hydrogen-bond donors (Lipinski definition) is 2. The number of phenols is 1. The molecule has 2 rings (SSSR count). The van der Waals surface area contributed by atoms with Gasteiger partial charge in [-0.2, -0.15) is 0 Å². The molecule has 0 radical (unpaired) electrons. The number of amides is 1. The van der Waals surface area contributed by atoms with Gasteiger partial charge in [0.15, 0.2) is 0 Å². The second-order valence-electron chi connectivity index (χ2n) is 5.83. The Kier molecular flexibility index (Phi) is 7.90. The lowest BCUT2D eigenvalue weighted by Gasteiger charge is -2.35. The van der Waals surface area contributed by atoms with Crippen LogP contribution in [0.4, 0.5) is 5.69 Å². The fourth-order valence-corrected chi connectivity index (χ4v) is 3.32. The summed E-state index contributed by atoms with van der Waals surface area (Å²) in [5.41, 5.74) is 2.99. The van der Waals surface area contributed by atoms with E-state index in [0.717, 1.165) is 32.4 Å². The van der Waals surface area contributed by atoms with E-state index in [1.807, 2.05) is 6.07 Å². The van der Waals surface area contributed by atoms with E-state index < -0.39 is 0 Å². The Morgan fingerprint density at radius 2 is 1.95 bits per heavy atom. The second-order valence-corrected chi connectivity index (χ2v) is 5.83. The average Bonchev–Trinajstić information content (AvgIpc) is 2.48. The molecule has 1 unspecified atom stereocenters. The van der Waals surface area contributed by atoms with Crippen molar-refractivity contribution in [1.82, 2.24) is 4.90 Å². The topological polar surface area (TPSA) is 52.6 Å². The lowest BCUT2D eigenvalue weighted by molar-refractivity contribution is -0.105. The molecule has 0 spiro atoms. The number of carbonyl (C=O) groups is 1. The van der Waals surface area contributed by atoms with Crippen molar-refractivity contribution in [3.8, 4) is 5.75 Å². The summed E-state index contributed by atoms with van der Waals surface area (Å²) in [7, 11) is 0. The molecule has 0 aromatic heterocycles.